The maximum absolute atomic E-state index is 13.1. The van der Waals surface area contributed by atoms with Gasteiger partial charge in [-0.25, -0.2) is 18.4 Å². The summed E-state index contributed by atoms with van der Waals surface area (Å²) >= 11 is 0. The molecule has 2 aliphatic heterocycles. The Labute approximate surface area is 179 Å². The van der Waals surface area contributed by atoms with Crippen molar-refractivity contribution in [2.75, 3.05) is 39.0 Å². The van der Waals surface area contributed by atoms with E-state index < -0.39 is 10.0 Å². The first-order valence-electron chi connectivity index (χ1n) is 10.6. The Morgan fingerprint density at radius 3 is 2.63 bits per heavy atom. The van der Waals surface area contributed by atoms with Crippen LogP contribution in [-0.2, 0) is 28.7 Å². The number of nitrogens with zero attached hydrogens (tertiary/aromatic N) is 4. The smallest absolute Gasteiger partial charge is 0.218 e. The molecule has 0 bridgehead atoms. The number of likely N-dealkylation sites (tertiary alicyclic amines) is 1. The number of hydrogen-bond acceptors (Lipinski definition) is 6. The van der Waals surface area contributed by atoms with E-state index in [4.69, 9.17) is 9.97 Å². The van der Waals surface area contributed by atoms with Gasteiger partial charge >= 0.3 is 0 Å². The van der Waals surface area contributed by atoms with Crippen LogP contribution in [0.1, 0.15) is 47.0 Å². The molecule has 0 amide bonds. The van der Waals surface area contributed by atoms with E-state index in [9.17, 15) is 8.42 Å². The fourth-order valence-corrected chi connectivity index (χ4v) is 5.88. The van der Waals surface area contributed by atoms with E-state index in [1.54, 1.807) is 4.31 Å². The van der Waals surface area contributed by atoms with Gasteiger partial charge in [0.15, 0.2) is 0 Å². The van der Waals surface area contributed by atoms with Crippen LogP contribution >= 0.6 is 0 Å². The third kappa shape index (κ3) is 4.50. The Morgan fingerprint density at radius 1 is 1.17 bits per heavy atom. The first kappa shape index (κ1) is 21.2. The summed E-state index contributed by atoms with van der Waals surface area (Å²) in [6, 6.07) is 7.69. The van der Waals surface area contributed by atoms with Gasteiger partial charge in [-0.05, 0) is 45.5 Å². The number of sulfonamides is 1. The van der Waals surface area contributed by atoms with Gasteiger partial charge in [0, 0.05) is 38.0 Å². The average Bonchev–Trinajstić information content (AvgIpc) is 2.72. The minimum atomic E-state index is -3.41. The molecule has 3 heterocycles. The summed E-state index contributed by atoms with van der Waals surface area (Å²) in [5, 5.41) is 3.19. The molecule has 0 saturated carbocycles. The number of benzene rings is 1. The Morgan fingerprint density at radius 2 is 1.93 bits per heavy atom. The lowest BCUT2D eigenvalue weighted by molar-refractivity contribution is 0.250. The van der Waals surface area contributed by atoms with Crippen molar-refractivity contribution in [2.24, 2.45) is 0 Å². The molecule has 0 unspecified atom stereocenters. The zero-order valence-corrected chi connectivity index (χ0v) is 18.9. The van der Waals surface area contributed by atoms with Crippen molar-refractivity contribution in [3.05, 3.63) is 52.5 Å². The summed E-state index contributed by atoms with van der Waals surface area (Å²) < 4.78 is 27.7. The third-order valence-electron chi connectivity index (χ3n) is 6.19. The van der Waals surface area contributed by atoms with Crippen LogP contribution in [0.25, 0.3) is 0 Å². The van der Waals surface area contributed by atoms with Crippen molar-refractivity contribution in [1.29, 1.82) is 0 Å². The number of hydrogen-bond donors (Lipinski definition) is 1. The first-order chi connectivity index (χ1) is 14.4. The molecule has 2 aliphatic rings. The number of piperidine rings is 1. The Hall–Kier alpha value is -2.03. The minimum Gasteiger partial charge on any atom is -0.373 e. The van der Waals surface area contributed by atoms with Crippen LogP contribution in [0, 0.1) is 6.92 Å². The summed E-state index contributed by atoms with van der Waals surface area (Å²) in [7, 11) is 0.583. The highest BCUT2D eigenvalue weighted by Crippen LogP contribution is 2.31. The molecule has 1 aromatic heterocycles. The number of nitrogens with one attached hydrogen (secondary N) is 1. The lowest BCUT2D eigenvalue weighted by atomic mass is 9.95. The summed E-state index contributed by atoms with van der Waals surface area (Å²) in [5.74, 6) is 2.07. The van der Waals surface area contributed by atoms with Crippen LogP contribution in [0.15, 0.2) is 24.3 Å². The number of fused-ring (bicyclic) bond motifs is 1. The second kappa shape index (κ2) is 8.61. The highest BCUT2D eigenvalue weighted by Gasteiger charge is 2.31. The quantitative estimate of drug-likeness (QED) is 0.787. The fraction of sp³-hybridized carbons (Fsp3) is 0.545. The molecule has 0 radical (unpaired) electrons. The van der Waals surface area contributed by atoms with Gasteiger partial charge in [-0.3, -0.25) is 0 Å². The third-order valence-corrected chi connectivity index (χ3v) is 7.98. The Balaban J connectivity index is 1.55. The first-order valence-corrected chi connectivity index (χ1v) is 12.3. The average molecular weight is 430 g/mol. The largest absolute Gasteiger partial charge is 0.373 e. The van der Waals surface area contributed by atoms with Gasteiger partial charge in [0.1, 0.15) is 11.6 Å². The van der Waals surface area contributed by atoms with Gasteiger partial charge in [-0.1, -0.05) is 29.8 Å². The summed E-state index contributed by atoms with van der Waals surface area (Å²) in [6.45, 7) is 4.89. The molecule has 2 aromatic rings. The zero-order chi connectivity index (χ0) is 21.3. The molecule has 1 saturated heterocycles. The Kier molecular flexibility index (Phi) is 6.09. The molecule has 0 spiro atoms. The van der Waals surface area contributed by atoms with Crippen LogP contribution in [0.4, 0.5) is 5.82 Å². The molecular formula is C22H31N5O2S. The molecule has 162 valence electrons. The monoisotopic (exact) mass is 429 g/mol. The van der Waals surface area contributed by atoms with Crippen molar-refractivity contribution >= 4 is 15.8 Å². The van der Waals surface area contributed by atoms with Crippen LogP contribution in [-0.4, -0.2) is 61.3 Å². The molecule has 0 atom stereocenters. The molecule has 30 heavy (non-hydrogen) atoms. The molecule has 8 heteroatoms. The molecular weight excluding hydrogens is 398 g/mol. The topological polar surface area (TPSA) is 78.4 Å². The van der Waals surface area contributed by atoms with Gasteiger partial charge in [0.05, 0.1) is 11.4 Å². The van der Waals surface area contributed by atoms with Gasteiger partial charge in [-0.2, -0.15) is 4.31 Å². The van der Waals surface area contributed by atoms with Gasteiger partial charge in [0.2, 0.25) is 10.0 Å². The van der Waals surface area contributed by atoms with Crippen molar-refractivity contribution in [3.8, 4) is 0 Å². The highest BCUT2D eigenvalue weighted by molar-refractivity contribution is 7.88. The van der Waals surface area contributed by atoms with E-state index in [0.29, 0.717) is 25.4 Å². The molecule has 1 fully saturated rings. The predicted octanol–water partition coefficient (Wildman–Crippen LogP) is 2.52. The molecule has 1 aromatic carbocycles. The lowest BCUT2D eigenvalue weighted by Gasteiger charge is -2.31. The summed E-state index contributed by atoms with van der Waals surface area (Å²) in [4.78, 5) is 12.0. The van der Waals surface area contributed by atoms with Gasteiger partial charge in [0.25, 0.3) is 0 Å². The lowest BCUT2D eigenvalue weighted by Crippen LogP contribution is -2.38. The van der Waals surface area contributed by atoms with E-state index in [2.05, 4.69) is 17.3 Å². The van der Waals surface area contributed by atoms with E-state index in [1.165, 1.54) is 0 Å². The van der Waals surface area contributed by atoms with Crippen molar-refractivity contribution < 1.29 is 8.42 Å². The summed E-state index contributed by atoms with van der Waals surface area (Å²) in [5.41, 5.74) is 3.79. The van der Waals surface area contributed by atoms with Crippen LogP contribution < -0.4 is 5.32 Å². The maximum Gasteiger partial charge on any atom is 0.218 e. The van der Waals surface area contributed by atoms with Gasteiger partial charge < -0.3 is 10.2 Å². The number of aromatic nitrogens is 2. The fourth-order valence-electron chi connectivity index (χ4n) is 4.41. The zero-order valence-electron chi connectivity index (χ0n) is 18.1. The molecule has 0 aliphatic carbocycles. The van der Waals surface area contributed by atoms with E-state index in [-0.39, 0.29) is 5.75 Å². The molecule has 4 rings (SSSR count). The van der Waals surface area contributed by atoms with Crippen LogP contribution in [0.2, 0.25) is 0 Å². The standard InChI is InChI=1S/C22H31N5O2S/c1-16-5-4-6-17(13-16)15-30(28,29)27-12-9-20-19(14-27)22(23-2)25-21(24-20)18-7-10-26(3)11-8-18/h4-6,13,18H,7-12,14-15H2,1-3H3,(H,23,24,25). The molecule has 1 N–H and O–H groups in total. The van der Waals surface area contributed by atoms with E-state index in [0.717, 1.165) is 60.0 Å². The highest BCUT2D eigenvalue weighted by atomic mass is 32.2. The van der Waals surface area contributed by atoms with Crippen molar-refractivity contribution in [1.82, 2.24) is 19.2 Å². The summed E-state index contributed by atoms with van der Waals surface area (Å²) in [6.07, 6.45) is 2.75. The van der Waals surface area contributed by atoms with Crippen molar-refractivity contribution in [3.63, 3.8) is 0 Å². The SMILES string of the molecule is CNc1nc(C2CCN(C)CC2)nc2c1CN(S(=O)(=O)Cc1cccc(C)c1)CC2. The van der Waals surface area contributed by atoms with E-state index >= 15 is 0 Å². The van der Waals surface area contributed by atoms with Crippen LogP contribution in [0.3, 0.4) is 0 Å². The van der Waals surface area contributed by atoms with Crippen molar-refractivity contribution in [2.45, 2.75) is 44.4 Å². The molecule has 7 nitrogen and oxygen atoms in total. The van der Waals surface area contributed by atoms with E-state index in [1.807, 2.05) is 38.2 Å². The second-order valence-corrected chi connectivity index (χ2v) is 10.5. The number of anilines is 1. The number of rotatable bonds is 5. The van der Waals surface area contributed by atoms with Gasteiger partial charge in [-0.15, -0.1) is 0 Å². The Bertz CT molecular complexity index is 999. The number of aryl methyl sites for hydroxylation is 1. The predicted molar refractivity (Wildman–Crippen MR) is 119 cm³/mol. The normalized spacial score (nSPS) is 18.9. The second-order valence-electron chi connectivity index (χ2n) is 8.51. The minimum absolute atomic E-state index is 0.0213. The maximum atomic E-state index is 13.1. The van der Waals surface area contributed by atoms with Crippen LogP contribution in [0.5, 0.6) is 0 Å².